The van der Waals surface area contributed by atoms with E-state index in [1.165, 1.54) is 12.8 Å². The smallest absolute Gasteiger partial charge is 0.151 e. The van der Waals surface area contributed by atoms with Crippen molar-refractivity contribution in [3.8, 4) is 11.3 Å². The van der Waals surface area contributed by atoms with Crippen LogP contribution in [0.4, 0.5) is 11.6 Å². The van der Waals surface area contributed by atoms with Crippen LogP contribution in [0.3, 0.4) is 0 Å². The van der Waals surface area contributed by atoms with Gasteiger partial charge in [0, 0.05) is 55.6 Å². The molecule has 3 aromatic rings. The van der Waals surface area contributed by atoms with Crippen LogP contribution in [0.2, 0.25) is 0 Å². The molecule has 0 unspecified atom stereocenters. The molecule has 5 rings (SSSR count). The first kappa shape index (κ1) is 16.1. The molecule has 27 heavy (non-hydrogen) atoms. The fourth-order valence-electron chi connectivity index (χ4n) is 3.32. The van der Waals surface area contributed by atoms with Crippen LogP contribution in [0, 0.1) is 5.92 Å². The molecule has 0 aromatic carbocycles. The lowest BCUT2D eigenvalue weighted by Gasteiger charge is -2.40. The minimum Gasteiger partial charge on any atom is -0.370 e. The van der Waals surface area contributed by atoms with E-state index in [1.54, 1.807) is 12.4 Å². The predicted molar refractivity (Wildman–Crippen MR) is 103 cm³/mol. The molecule has 0 amide bonds. The SMILES string of the molecule is c1cc(-c2ccc(N3CC(CNc4ccnc(C5CC5)n4)C3)nn2)ccn1. The third kappa shape index (κ3) is 3.58. The topological polar surface area (TPSA) is 79.7 Å². The number of rotatable bonds is 6. The van der Waals surface area contributed by atoms with Crippen molar-refractivity contribution in [1.82, 2.24) is 25.1 Å². The van der Waals surface area contributed by atoms with Gasteiger partial charge in [-0.2, -0.15) is 0 Å². The molecule has 7 heteroatoms. The summed E-state index contributed by atoms with van der Waals surface area (Å²) in [5, 5.41) is 12.2. The van der Waals surface area contributed by atoms with Crippen LogP contribution in [0.25, 0.3) is 11.3 Å². The number of pyridine rings is 1. The average molecular weight is 359 g/mol. The molecule has 2 aliphatic rings. The Hall–Kier alpha value is -3.09. The van der Waals surface area contributed by atoms with Crippen molar-refractivity contribution in [1.29, 1.82) is 0 Å². The van der Waals surface area contributed by atoms with E-state index in [0.29, 0.717) is 11.8 Å². The van der Waals surface area contributed by atoms with Gasteiger partial charge in [0.25, 0.3) is 0 Å². The minimum atomic E-state index is 0.583. The number of nitrogens with zero attached hydrogens (tertiary/aromatic N) is 6. The largest absolute Gasteiger partial charge is 0.370 e. The van der Waals surface area contributed by atoms with Gasteiger partial charge in [-0.1, -0.05) is 0 Å². The molecule has 1 aliphatic carbocycles. The van der Waals surface area contributed by atoms with Crippen LogP contribution in [0.1, 0.15) is 24.6 Å². The summed E-state index contributed by atoms with van der Waals surface area (Å²) in [4.78, 5) is 15.3. The Kier molecular flexibility index (Phi) is 4.12. The first-order valence-corrected chi connectivity index (χ1v) is 9.41. The van der Waals surface area contributed by atoms with Crippen molar-refractivity contribution in [2.45, 2.75) is 18.8 Å². The lowest BCUT2D eigenvalue weighted by atomic mass is 10.0. The zero-order chi connectivity index (χ0) is 18.1. The average Bonchev–Trinajstić information content (AvgIpc) is 3.54. The van der Waals surface area contributed by atoms with Crippen LogP contribution >= 0.6 is 0 Å². The fourth-order valence-corrected chi connectivity index (χ4v) is 3.32. The number of hydrogen-bond acceptors (Lipinski definition) is 7. The maximum atomic E-state index is 4.62. The predicted octanol–water partition coefficient (Wildman–Crippen LogP) is 2.75. The molecule has 2 fully saturated rings. The van der Waals surface area contributed by atoms with E-state index in [2.05, 4.69) is 35.4 Å². The Morgan fingerprint density at radius 3 is 2.56 bits per heavy atom. The monoisotopic (exact) mass is 359 g/mol. The maximum Gasteiger partial charge on any atom is 0.151 e. The number of anilines is 2. The molecule has 136 valence electrons. The van der Waals surface area contributed by atoms with E-state index in [1.807, 2.05) is 36.5 Å². The fraction of sp³-hybridized carbons (Fsp3) is 0.350. The van der Waals surface area contributed by atoms with Crippen LogP contribution in [0.15, 0.2) is 48.9 Å². The molecular formula is C20H21N7. The third-order valence-electron chi connectivity index (χ3n) is 5.10. The molecular weight excluding hydrogens is 338 g/mol. The van der Waals surface area contributed by atoms with E-state index in [9.17, 15) is 0 Å². The Balaban J connectivity index is 1.13. The van der Waals surface area contributed by atoms with Gasteiger partial charge in [0.15, 0.2) is 5.82 Å². The summed E-state index contributed by atoms with van der Waals surface area (Å²) in [5.41, 5.74) is 1.90. The molecule has 1 saturated carbocycles. The number of hydrogen-bond donors (Lipinski definition) is 1. The zero-order valence-electron chi connectivity index (χ0n) is 15.0. The lowest BCUT2D eigenvalue weighted by molar-refractivity contribution is 0.425. The van der Waals surface area contributed by atoms with E-state index in [0.717, 1.165) is 48.4 Å². The Labute approximate surface area is 157 Å². The van der Waals surface area contributed by atoms with Gasteiger partial charge < -0.3 is 10.2 Å². The second-order valence-corrected chi connectivity index (χ2v) is 7.24. The highest BCUT2D eigenvalue weighted by Gasteiger charge is 2.29. The molecule has 0 spiro atoms. The highest BCUT2D eigenvalue weighted by atomic mass is 15.3. The van der Waals surface area contributed by atoms with Gasteiger partial charge in [-0.05, 0) is 43.2 Å². The van der Waals surface area contributed by atoms with Crippen molar-refractivity contribution >= 4 is 11.6 Å². The first-order chi connectivity index (χ1) is 13.3. The van der Waals surface area contributed by atoms with E-state index >= 15 is 0 Å². The van der Waals surface area contributed by atoms with Gasteiger partial charge in [-0.3, -0.25) is 4.98 Å². The molecule has 1 saturated heterocycles. The molecule has 0 radical (unpaired) electrons. The Morgan fingerprint density at radius 1 is 0.963 bits per heavy atom. The normalized spacial score (nSPS) is 16.8. The number of nitrogens with one attached hydrogen (secondary N) is 1. The van der Waals surface area contributed by atoms with E-state index < -0.39 is 0 Å². The Morgan fingerprint density at radius 2 is 1.81 bits per heavy atom. The maximum absolute atomic E-state index is 4.62. The van der Waals surface area contributed by atoms with Gasteiger partial charge >= 0.3 is 0 Å². The standard InChI is InChI=1S/C20H21N7/c1-2-16(1)20-22-10-7-18(24-20)23-11-14-12-27(13-14)19-4-3-17(25-26-19)15-5-8-21-9-6-15/h3-10,14,16H,1-2,11-13H2,(H,22,23,24). The summed E-state index contributed by atoms with van der Waals surface area (Å²) in [5.74, 6) is 4.03. The quantitative estimate of drug-likeness (QED) is 0.725. The molecule has 1 aliphatic heterocycles. The Bertz CT molecular complexity index is 903. The van der Waals surface area contributed by atoms with Gasteiger partial charge in [0.1, 0.15) is 11.6 Å². The molecule has 0 atom stereocenters. The van der Waals surface area contributed by atoms with E-state index in [4.69, 9.17) is 0 Å². The summed E-state index contributed by atoms with van der Waals surface area (Å²) in [6.07, 6.45) is 7.84. The third-order valence-corrected chi connectivity index (χ3v) is 5.10. The number of aromatic nitrogens is 5. The summed E-state index contributed by atoms with van der Waals surface area (Å²) >= 11 is 0. The molecule has 7 nitrogen and oxygen atoms in total. The highest BCUT2D eigenvalue weighted by molar-refractivity contribution is 5.59. The highest BCUT2D eigenvalue weighted by Crippen LogP contribution is 2.38. The molecule has 0 bridgehead atoms. The van der Waals surface area contributed by atoms with Gasteiger partial charge in [0.2, 0.25) is 0 Å². The van der Waals surface area contributed by atoms with Gasteiger partial charge in [-0.15, -0.1) is 10.2 Å². The van der Waals surface area contributed by atoms with Crippen molar-refractivity contribution in [3.63, 3.8) is 0 Å². The summed E-state index contributed by atoms with van der Waals surface area (Å²) in [6.45, 7) is 2.88. The van der Waals surface area contributed by atoms with E-state index in [-0.39, 0.29) is 0 Å². The van der Waals surface area contributed by atoms with Gasteiger partial charge in [0.05, 0.1) is 5.69 Å². The molecule has 3 aromatic heterocycles. The van der Waals surface area contributed by atoms with Gasteiger partial charge in [-0.25, -0.2) is 9.97 Å². The van der Waals surface area contributed by atoms with Crippen LogP contribution in [-0.2, 0) is 0 Å². The molecule has 4 heterocycles. The second kappa shape index (κ2) is 6.90. The van der Waals surface area contributed by atoms with Crippen LogP contribution in [0.5, 0.6) is 0 Å². The first-order valence-electron chi connectivity index (χ1n) is 9.41. The summed E-state index contributed by atoms with van der Waals surface area (Å²) in [6, 6.07) is 9.89. The lowest BCUT2D eigenvalue weighted by Crippen LogP contribution is -2.50. The van der Waals surface area contributed by atoms with Crippen molar-refractivity contribution < 1.29 is 0 Å². The van der Waals surface area contributed by atoms with Crippen LogP contribution < -0.4 is 10.2 Å². The summed E-state index contributed by atoms with van der Waals surface area (Å²) in [7, 11) is 0. The molecule has 1 N–H and O–H groups in total. The van der Waals surface area contributed by atoms with Crippen LogP contribution in [-0.4, -0.2) is 44.8 Å². The van der Waals surface area contributed by atoms with Crippen molar-refractivity contribution in [2.75, 3.05) is 29.9 Å². The van der Waals surface area contributed by atoms with Crippen molar-refractivity contribution in [3.05, 3.63) is 54.7 Å². The summed E-state index contributed by atoms with van der Waals surface area (Å²) < 4.78 is 0. The second-order valence-electron chi connectivity index (χ2n) is 7.24. The minimum absolute atomic E-state index is 0.583. The zero-order valence-corrected chi connectivity index (χ0v) is 15.0. The van der Waals surface area contributed by atoms with Crippen molar-refractivity contribution in [2.24, 2.45) is 5.92 Å².